The number of imide groups is 1. The minimum Gasteiger partial charge on any atom is -0.268 e. The minimum atomic E-state index is -0.438. The predicted octanol–water partition coefficient (Wildman–Crippen LogP) is 7.05. The molecule has 4 rings (SSSR count). The maximum Gasteiger partial charge on any atom is 0.293 e. The molecule has 0 spiro atoms. The summed E-state index contributed by atoms with van der Waals surface area (Å²) in [6.45, 7) is 2.14. The molecule has 1 aliphatic heterocycles. The topological polar surface area (TPSA) is 80.5 Å². The second-order valence-electron chi connectivity index (χ2n) is 7.30. The Kier molecular flexibility index (Phi) is 7.02. The number of hydrogen-bond acceptors (Lipinski definition) is 6. The molecule has 6 nitrogen and oxygen atoms in total. The lowest BCUT2D eigenvalue weighted by Crippen LogP contribution is -2.27. The van der Waals surface area contributed by atoms with Gasteiger partial charge >= 0.3 is 0 Å². The lowest BCUT2D eigenvalue weighted by molar-refractivity contribution is -0.387. The van der Waals surface area contributed by atoms with Crippen LogP contribution in [0, 0.1) is 17.0 Å². The zero-order valence-electron chi connectivity index (χ0n) is 17.4. The highest BCUT2D eigenvalue weighted by Gasteiger charge is 2.35. The van der Waals surface area contributed by atoms with Crippen LogP contribution in [0.25, 0.3) is 6.08 Å². The summed E-state index contributed by atoms with van der Waals surface area (Å²) in [5.74, 6) is -0.411. The van der Waals surface area contributed by atoms with Gasteiger partial charge in [0.2, 0.25) is 0 Å². The van der Waals surface area contributed by atoms with Crippen LogP contribution in [0.4, 0.5) is 10.5 Å². The second-order valence-corrected chi connectivity index (χ2v) is 10.3. The van der Waals surface area contributed by atoms with Crippen molar-refractivity contribution in [1.29, 1.82) is 0 Å². The monoisotopic (exact) mass is 540 g/mol. The molecule has 3 aromatic rings. The van der Waals surface area contributed by atoms with E-state index in [9.17, 15) is 19.7 Å². The van der Waals surface area contributed by atoms with Crippen LogP contribution in [0.5, 0.6) is 0 Å². The lowest BCUT2D eigenvalue weighted by atomic mass is 10.1. The number of nitrogens with zero attached hydrogens (tertiary/aromatic N) is 2. The molecule has 1 heterocycles. The summed E-state index contributed by atoms with van der Waals surface area (Å²) < 4.78 is 0.860. The molecule has 0 aromatic heterocycles. The van der Waals surface area contributed by atoms with Crippen molar-refractivity contribution < 1.29 is 14.5 Å². The number of nitro benzene ring substituents is 1. The number of amides is 2. The molecule has 33 heavy (non-hydrogen) atoms. The molecular formula is C24H17BrN2O4S2. The number of rotatable bonds is 6. The van der Waals surface area contributed by atoms with E-state index in [0.717, 1.165) is 32.3 Å². The molecule has 0 aliphatic carbocycles. The molecular weight excluding hydrogens is 524 g/mol. The highest BCUT2D eigenvalue weighted by Crippen LogP contribution is 2.38. The van der Waals surface area contributed by atoms with Crippen molar-refractivity contribution in [3.63, 3.8) is 0 Å². The highest BCUT2D eigenvalue weighted by atomic mass is 79.9. The van der Waals surface area contributed by atoms with Crippen LogP contribution in [-0.2, 0) is 11.3 Å². The molecule has 166 valence electrons. The van der Waals surface area contributed by atoms with Gasteiger partial charge in [0.1, 0.15) is 0 Å². The summed E-state index contributed by atoms with van der Waals surface area (Å²) in [5.41, 5.74) is 2.37. The van der Waals surface area contributed by atoms with Crippen LogP contribution in [0.15, 0.2) is 85.9 Å². The van der Waals surface area contributed by atoms with Crippen molar-refractivity contribution in [2.24, 2.45) is 0 Å². The molecule has 3 aromatic carbocycles. The summed E-state index contributed by atoms with van der Waals surface area (Å²) in [6, 6.07) is 19.9. The van der Waals surface area contributed by atoms with Gasteiger partial charge in [0.15, 0.2) is 0 Å². The fraction of sp³-hybridized carbons (Fsp3) is 0.0833. The zero-order valence-corrected chi connectivity index (χ0v) is 20.6. The fourth-order valence-electron chi connectivity index (χ4n) is 3.19. The number of benzene rings is 3. The number of carbonyl (C=O) groups excluding carboxylic acids is 2. The van der Waals surface area contributed by atoms with E-state index >= 15 is 0 Å². The molecule has 0 unspecified atom stereocenters. The fourth-order valence-corrected chi connectivity index (χ4v) is 5.38. The van der Waals surface area contributed by atoms with Crippen LogP contribution >= 0.6 is 39.5 Å². The van der Waals surface area contributed by atoms with Gasteiger partial charge in [0.05, 0.1) is 21.3 Å². The van der Waals surface area contributed by atoms with Crippen LogP contribution in [-0.4, -0.2) is 21.0 Å². The van der Waals surface area contributed by atoms with Crippen LogP contribution < -0.4 is 0 Å². The second kappa shape index (κ2) is 9.94. The number of hydrogen-bond donors (Lipinski definition) is 0. The van der Waals surface area contributed by atoms with Gasteiger partial charge in [0.25, 0.3) is 16.8 Å². The third kappa shape index (κ3) is 5.55. The number of halogens is 1. The number of thioether (sulfide) groups is 1. The van der Waals surface area contributed by atoms with Crippen molar-refractivity contribution in [1.82, 2.24) is 4.90 Å². The average Bonchev–Trinajstić information content (AvgIpc) is 3.03. The summed E-state index contributed by atoms with van der Waals surface area (Å²) in [5, 5.41) is 11.3. The maximum atomic E-state index is 12.8. The Bertz CT molecular complexity index is 1290. The van der Waals surface area contributed by atoms with Gasteiger partial charge in [-0.05, 0) is 66.2 Å². The Morgan fingerprint density at radius 1 is 1.09 bits per heavy atom. The van der Waals surface area contributed by atoms with E-state index in [2.05, 4.69) is 15.9 Å². The van der Waals surface area contributed by atoms with Gasteiger partial charge in [-0.2, -0.15) is 0 Å². The van der Waals surface area contributed by atoms with E-state index < -0.39 is 10.8 Å². The molecule has 0 atom stereocenters. The third-order valence-corrected chi connectivity index (χ3v) is 7.30. The van der Waals surface area contributed by atoms with Crippen LogP contribution in [0.3, 0.4) is 0 Å². The molecule has 2 amide bonds. The Labute approximate surface area is 207 Å². The smallest absolute Gasteiger partial charge is 0.268 e. The molecule has 0 bridgehead atoms. The summed E-state index contributed by atoms with van der Waals surface area (Å²) >= 11 is 5.52. The van der Waals surface area contributed by atoms with Crippen LogP contribution in [0.1, 0.15) is 16.7 Å². The van der Waals surface area contributed by atoms with E-state index in [0.29, 0.717) is 10.5 Å². The molecule has 0 N–H and O–H groups in total. The van der Waals surface area contributed by atoms with E-state index in [1.807, 2.05) is 55.5 Å². The predicted molar refractivity (Wildman–Crippen MR) is 134 cm³/mol. The van der Waals surface area contributed by atoms with Gasteiger partial charge in [-0.25, -0.2) is 0 Å². The Morgan fingerprint density at radius 3 is 2.55 bits per heavy atom. The van der Waals surface area contributed by atoms with Gasteiger partial charge in [-0.3, -0.25) is 24.6 Å². The first-order valence-electron chi connectivity index (χ1n) is 9.83. The summed E-state index contributed by atoms with van der Waals surface area (Å²) in [4.78, 5) is 39.3. The van der Waals surface area contributed by atoms with Crippen molar-refractivity contribution in [2.75, 3.05) is 0 Å². The first-order chi connectivity index (χ1) is 15.8. The Balaban J connectivity index is 1.57. The van der Waals surface area contributed by atoms with E-state index in [-0.39, 0.29) is 22.4 Å². The lowest BCUT2D eigenvalue weighted by Gasteiger charge is -2.12. The van der Waals surface area contributed by atoms with Crippen molar-refractivity contribution >= 4 is 62.4 Å². The molecule has 1 fully saturated rings. The molecule has 1 saturated heterocycles. The van der Waals surface area contributed by atoms with Crippen LogP contribution in [0.2, 0.25) is 0 Å². The SMILES string of the molecule is Cc1ccc(Sc2ccc(C=C3SC(=O)N(Cc4cccc(Br)c4)C3=O)cc2[N+](=O)[O-])cc1. The highest BCUT2D eigenvalue weighted by molar-refractivity contribution is 9.10. The Hall–Kier alpha value is -2.88. The first kappa shape index (κ1) is 23.3. The maximum absolute atomic E-state index is 12.8. The number of carbonyl (C=O) groups is 2. The number of aryl methyl sites for hydroxylation is 1. The third-order valence-electron chi connectivity index (χ3n) is 4.83. The van der Waals surface area contributed by atoms with Gasteiger partial charge in [-0.15, -0.1) is 0 Å². The zero-order chi connectivity index (χ0) is 23.5. The summed E-state index contributed by atoms with van der Waals surface area (Å²) in [7, 11) is 0. The average molecular weight is 541 g/mol. The van der Waals surface area contributed by atoms with E-state index in [1.54, 1.807) is 12.1 Å². The quantitative estimate of drug-likeness (QED) is 0.189. The van der Waals surface area contributed by atoms with Crippen molar-refractivity contribution in [2.45, 2.75) is 23.3 Å². The molecule has 9 heteroatoms. The normalized spacial score (nSPS) is 14.8. The largest absolute Gasteiger partial charge is 0.293 e. The molecule has 1 aliphatic rings. The standard InChI is InChI=1S/C24H17BrN2O4S2/c1-15-5-8-19(9-6-15)32-21-10-7-16(12-20(21)27(30)31)13-22-23(28)26(24(29)33-22)14-17-3-2-4-18(25)11-17/h2-13H,14H2,1H3. The first-order valence-corrected chi connectivity index (χ1v) is 12.3. The Morgan fingerprint density at radius 2 is 1.85 bits per heavy atom. The van der Waals surface area contributed by atoms with Gasteiger partial charge in [-0.1, -0.05) is 63.6 Å². The van der Waals surface area contributed by atoms with Gasteiger partial charge in [0, 0.05) is 15.4 Å². The minimum absolute atomic E-state index is 0.0531. The van der Waals surface area contributed by atoms with Crippen molar-refractivity contribution in [3.8, 4) is 0 Å². The molecule has 0 saturated carbocycles. The molecule has 0 radical (unpaired) electrons. The van der Waals surface area contributed by atoms with Gasteiger partial charge < -0.3 is 0 Å². The number of nitro groups is 1. The van der Waals surface area contributed by atoms with E-state index in [4.69, 9.17) is 0 Å². The van der Waals surface area contributed by atoms with E-state index in [1.165, 1.54) is 28.8 Å². The van der Waals surface area contributed by atoms with Crippen molar-refractivity contribution in [3.05, 3.63) is 103 Å². The summed E-state index contributed by atoms with van der Waals surface area (Å²) in [6.07, 6.45) is 1.53.